The Morgan fingerprint density at radius 2 is 1.88 bits per heavy atom. The van der Waals surface area contributed by atoms with Gasteiger partial charge in [0, 0.05) is 6.54 Å². The van der Waals surface area contributed by atoms with Gasteiger partial charge in [-0.15, -0.1) is 0 Å². The number of rotatable bonds is 3. The van der Waals surface area contributed by atoms with E-state index in [2.05, 4.69) is 0 Å². The van der Waals surface area contributed by atoms with Crippen molar-refractivity contribution in [3.8, 4) is 0 Å². The Hall–Kier alpha value is -1.27. The van der Waals surface area contributed by atoms with Gasteiger partial charge in [-0.25, -0.2) is 4.79 Å². The normalized spacial score (nSPS) is 22.2. The molecule has 1 saturated heterocycles. The smallest absolute Gasteiger partial charge is 0.315 e. The molecule has 0 aromatic carbocycles. The van der Waals surface area contributed by atoms with Crippen molar-refractivity contribution in [1.82, 2.24) is 9.80 Å². The van der Waals surface area contributed by atoms with E-state index in [0.717, 1.165) is 12.8 Å². The minimum atomic E-state index is -4.53. The number of imide groups is 1. The number of amides is 3. The van der Waals surface area contributed by atoms with E-state index in [1.807, 2.05) is 0 Å². The Morgan fingerprint density at radius 1 is 1.25 bits per heavy atom. The van der Waals surface area contributed by atoms with Crippen LogP contribution in [0.4, 0.5) is 18.0 Å². The fraction of sp³-hybridized carbons (Fsp3) is 0.778. The van der Waals surface area contributed by atoms with Crippen LogP contribution in [0.25, 0.3) is 0 Å². The van der Waals surface area contributed by atoms with E-state index in [1.54, 1.807) is 0 Å². The topological polar surface area (TPSA) is 40.6 Å². The van der Waals surface area contributed by atoms with Gasteiger partial charge in [0.15, 0.2) is 0 Å². The number of halogens is 3. The summed E-state index contributed by atoms with van der Waals surface area (Å²) < 4.78 is 36.3. The van der Waals surface area contributed by atoms with Crippen LogP contribution in [0, 0.1) is 5.92 Å². The molecular formula is C9H11F3N2O2. The Kier molecular flexibility index (Phi) is 2.55. The van der Waals surface area contributed by atoms with Crippen molar-refractivity contribution >= 4 is 11.9 Å². The SMILES string of the molecule is O=C1CN(CC2CC2)C(=O)N1CC(F)(F)F. The molecule has 7 heteroatoms. The van der Waals surface area contributed by atoms with Crippen molar-refractivity contribution in [3.63, 3.8) is 0 Å². The molecule has 0 unspecified atom stereocenters. The van der Waals surface area contributed by atoms with E-state index in [-0.39, 0.29) is 11.4 Å². The van der Waals surface area contributed by atoms with Crippen LogP contribution < -0.4 is 0 Å². The van der Waals surface area contributed by atoms with Gasteiger partial charge in [0.05, 0.1) is 0 Å². The molecule has 0 spiro atoms. The quantitative estimate of drug-likeness (QED) is 0.691. The second kappa shape index (κ2) is 3.64. The van der Waals surface area contributed by atoms with Crippen molar-refractivity contribution in [2.45, 2.75) is 19.0 Å². The molecule has 2 fully saturated rings. The Labute approximate surface area is 90.0 Å². The molecule has 16 heavy (non-hydrogen) atoms. The summed E-state index contributed by atoms with van der Waals surface area (Å²) in [5.41, 5.74) is 0. The summed E-state index contributed by atoms with van der Waals surface area (Å²) in [6.45, 7) is -1.30. The van der Waals surface area contributed by atoms with Crippen molar-refractivity contribution < 1.29 is 22.8 Å². The number of hydrogen-bond acceptors (Lipinski definition) is 2. The second-order valence-corrected chi connectivity index (χ2v) is 4.20. The zero-order chi connectivity index (χ0) is 11.9. The van der Waals surface area contributed by atoms with Gasteiger partial charge in [-0.1, -0.05) is 0 Å². The highest BCUT2D eigenvalue weighted by Gasteiger charge is 2.44. The van der Waals surface area contributed by atoms with Crippen molar-refractivity contribution in [1.29, 1.82) is 0 Å². The van der Waals surface area contributed by atoms with Gasteiger partial charge in [-0.3, -0.25) is 9.69 Å². The third kappa shape index (κ3) is 2.45. The highest BCUT2D eigenvalue weighted by Crippen LogP contribution is 2.31. The minimum absolute atomic E-state index is 0.217. The van der Waals surface area contributed by atoms with Crippen LogP contribution >= 0.6 is 0 Å². The molecular weight excluding hydrogens is 225 g/mol. The predicted molar refractivity (Wildman–Crippen MR) is 47.5 cm³/mol. The van der Waals surface area contributed by atoms with Crippen LogP contribution in [0.2, 0.25) is 0 Å². The highest BCUT2D eigenvalue weighted by atomic mass is 19.4. The third-order valence-electron chi connectivity index (χ3n) is 2.64. The third-order valence-corrected chi connectivity index (χ3v) is 2.64. The number of carbonyl (C=O) groups is 2. The molecule has 0 aromatic heterocycles. The molecule has 2 aliphatic rings. The molecule has 1 aliphatic heterocycles. The zero-order valence-electron chi connectivity index (χ0n) is 8.46. The molecule has 0 bridgehead atoms. The fourth-order valence-corrected chi connectivity index (χ4v) is 1.68. The summed E-state index contributed by atoms with van der Waals surface area (Å²) >= 11 is 0. The van der Waals surface area contributed by atoms with Crippen molar-refractivity contribution in [2.75, 3.05) is 19.6 Å². The first-order chi connectivity index (χ1) is 7.37. The van der Waals surface area contributed by atoms with Crippen LogP contribution in [-0.4, -0.2) is 47.5 Å². The largest absolute Gasteiger partial charge is 0.406 e. The lowest BCUT2D eigenvalue weighted by molar-refractivity contribution is -0.151. The van der Waals surface area contributed by atoms with Gasteiger partial charge in [0.1, 0.15) is 13.1 Å². The maximum absolute atomic E-state index is 12.1. The number of urea groups is 1. The van der Waals surface area contributed by atoms with Crippen molar-refractivity contribution in [3.05, 3.63) is 0 Å². The molecule has 1 aliphatic carbocycles. The van der Waals surface area contributed by atoms with Gasteiger partial charge in [-0.2, -0.15) is 13.2 Å². The average molecular weight is 236 g/mol. The lowest BCUT2D eigenvalue weighted by atomic mass is 10.4. The summed E-state index contributed by atoms with van der Waals surface area (Å²) in [4.78, 5) is 24.2. The molecule has 1 heterocycles. The number of hydrogen-bond donors (Lipinski definition) is 0. The number of nitrogens with zero attached hydrogens (tertiary/aromatic N) is 2. The highest BCUT2D eigenvalue weighted by molar-refractivity contribution is 6.02. The van der Waals surface area contributed by atoms with Gasteiger partial charge < -0.3 is 4.90 Å². The summed E-state index contributed by atoms with van der Waals surface area (Å²) in [5.74, 6) is -0.398. The van der Waals surface area contributed by atoms with Crippen LogP contribution in [0.5, 0.6) is 0 Å². The van der Waals surface area contributed by atoms with Crippen molar-refractivity contribution in [2.24, 2.45) is 5.92 Å². The molecule has 0 N–H and O–H groups in total. The Morgan fingerprint density at radius 3 is 2.38 bits per heavy atom. The van der Waals surface area contributed by atoms with Gasteiger partial charge in [0.25, 0.3) is 5.91 Å². The predicted octanol–water partition coefficient (Wildman–Crippen LogP) is 1.22. The van der Waals surface area contributed by atoms with Gasteiger partial charge in [-0.05, 0) is 18.8 Å². The van der Waals surface area contributed by atoms with E-state index in [9.17, 15) is 22.8 Å². The Bertz CT molecular complexity index is 325. The second-order valence-electron chi connectivity index (χ2n) is 4.20. The summed E-state index contributed by atoms with van der Waals surface area (Å²) in [6, 6.07) is -0.811. The van der Waals surface area contributed by atoms with E-state index < -0.39 is 24.7 Å². The lowest BCUT2D eigenvalue weighted by Gasteiger charge is -2.17. The molecule has 3 amide bonds. The molecule has 90 valence electrons. The number of alkyl halides is 3. The monoisotopic (exact) mass is 236 g/mol. The summed E-state index contributed by atoms with van der Waals surface area (Å²) in [5, 5.41) is 0. The molecule has 1 saturated carbocycles. The first-order valence-electron chi connectivity index (χ1n) is 5.03. The lowest BCUT2D eigenvalue weighted by Crippen LogP contribution is -2.40. The average Bonchev–Trinajstić information content (AvgIpc) is 2.90. The van der Waals surface area contributed by atoms with E-state index in [1.165, 1.54) is 4.90 Å². The summed E-state index contributed by atoms with van der Waals surface area (Å²) in [6.07, 6.45) is -2.56. The van der Waals surface area contributed by atoms with E-state index in [0.29, 0.717) is 12.5 Å². The maximum Gasteiger partial charge on any atom is 0.406 e. The van der Waals surface area contributed by atoms with Crippen LogP contribution in [0.3, 0.4) is 0 Å². The van der Waals surface area contributed by atoms with E-state index in [4.69, 9.17) is 0 Å². The van der Waals surface area contributed by atoms with Crippen LogP contribution in [0.1, 0.15) is 12.8 Å². The first kappa shape index (κ1) is 11.2. The minimum Gasteiger partial charge on any atom is -0.315 e. The van der Waals surface area contributed by atoms with Crippen LogP contribution in [-0.2, 0) is 4.79 Å². The molecule has 0 atom stereocenters. The fourth-order valence-electron chi connectivity index (χ4n) is 1.68. The van der Waals surface area contributed by atoms with Crippen LogP contribution in [0.15, 0.2) is 0 Å². The zero-order valence-corrected chi connectivity index (χ0v) is 8.46. The first-order valence-corrected chi connectivity index (χ1v) is 5.03. The molecule has 4 nitrogen and oxygen atoms in total. The molecule has 0 radical (unpaired) electrons. The van der Waals surface area contributed by atoms with Gasteiger partial charge in [0.2, 0.25) is 0 Å². The van der Waals surface area contributed by atoms with E-state index >= 15 is 0 Å². The maximum atomic E-state index is 12.1. The molecule has 2 rings (SSSR count). The molecule has 0 aromatic rings. The Balaban J connectivity index is 1.98. The number of carbonyl (C=O) groups excluding carboxylic acids is 2. The standard InChI is InChI=1S/C9H11F3N2O2/c10-9(11,12)5-14-7(15)4-13(8(14)16)3-6-1-2-6/h6H,1-5H2. The summed E-state index contributed by atoms with van der Waals surface area (Å²) in [7, 11) is 0. The van der Waals surface area contributed by atoms with Gasteiger partial charge >= 0.3 is 12.2 Å².